The van der Waals surface area contributed by atoms with Gasteiger partial charge < -0.3 is 4.57 Å². The van der Waals surface area contributed by atoms with Crippen LogP contribution in [0.3, 0.4) is 0 Å². The first-order chi connectivity index (χ1) is 23.3. The van der Waals surface area contributed by atoms with E-state index in [1.54, 1.807) is 0 Å². The Morgan fingerprint density at radius 3 is 1.79 bits per heavy atom. The number of aromatic nitrogens is 1. The van der Waals surface area contributed by atoms with Crippen LogP contribution in [0.5, 0.6) is 0 Å². The molecule has 0 saturated heterocycles. The minimum atomic E-state index is 0.660. The molecule has 0 aliphatic rings. The van der Waals surface area contributed by atoms with E-state index in [9.17, 15) is 5.26 Å². The number of para-hydroxylation sites is 1. The molecule has 0 saturated carbocycles. The zero-order valence-electron chi connectivity index (χ0n) is 25.4. The normalized spacial score (nSPS) is 11.8. The van der Waals surface area contributed by atoms with E-state index >= 15 is 0 Å². The van der Waals surface area contributed by atoms with E-state index in [2.05, 4.69) is 150 Å². The van der Waals surface area contributed by atoms with Crippen molar-refractivity contribution in [2.45, 2.75) is 0 Å². The Morgan fingerprint density at radius 2 is 1.00 bits per heavy atom. The lowest BCUT2D eigenvalue weighted by Gasteiger charge is -2.17. The van der Waals surface area contributed by atoms with E-state index in [1.807, 2.05) is 18.2 Å². The molecular weight excluding hydrogens is 569 g/mol. The fraction of sp³-hybridized carbons (Fsp3) is 0. The molecule has 0 radical (unpaired) electrons. The second-order valence-electron chi connectivity index (χ2n) is 12.4. The maximum absolute atomic E-state index is 9.71. The Balaban J connectivity index is 1.25. The molecule has 10 rings (SSSR count). The summed E-state index contributed by atoms with van der Waals surface area (Å²) in [5.74, 6) is 0. The number of nitriles is 1. The predicted octanol–water partition coefficient (Wildman–Crippen LogP) is 12.0. The summed E-state index contributed by atoms with van der Waals surface area (Å²) in [6.45, 7) is 0. The van der Waals surface area contributed by atoms with Crippen molar-refractivity contribution in [3.63, 3.8) is 0 Å². The number of rotatable bonds is 3. The summed E-state index contributed by atoms with van der Waals surface area (Å²) in [6, 6.07) is 59.2. The summed E-state index contributed by atoms with van der Waals surface area (Å²) in [6.07, 6.45) is 0. The van der Waals surface area contributed by atoms with E-state index in [0.717, 1.165) is 22.1 Å². The highest BCUT2D eigenvalue weighted by Crippen LogP contribution is 2.44. The van der Waals surface area contributed by atoms with E-state index < -0.39 is 0 Å². The SMILES string of the molecule is N#Cc1ccc2c3ccc(-c4ccc5ccc6c(-c7cccc8ccccc78)ccc7ccc4c5c76)cc3n(-c3ccccc3)c2c1. The van der Waals surface area contributed by atoms with E-state index in [0.29, 0.717) is 5.56 Å². The third-order valence-electron chi connectivity index (χ3n) is 9.97. The lowest BCUT2D eigenvalue weighted by Crippen LogP contribution is -1.94. The van der Waals surface area contributed by atoms with Gasteiger partial charge in [-0.1, -0.05) is 127 Å². The molecule has 1 heterocycles. The standard InChI is InChI=1S/C45H26N2/c46-27-28-13-19-38-39-22-18-32(26-43(39)47(42(38)25-28)33-9-2-1-3-10-33)35-20-14-30-17-24-41-37(21-15-31-16-23-40(35)44(30)45(31)41)36-12-6-8-29-7-4-5-11-34(29)36/h1-26H. The number of hydrogen-bond acceptors (Lipinski definition) is 1. The van der Waals surface area contributed by atoms with Crippen LogP contribution < -0.4 is 0 Å². The van der Waals surface area contributed by atoms with Gasteiger partial charge in [0.1, 0.15) is 0 Å². The van der Waals surface area contributed by atoms with Gasteiger partial charge in [0.25, 0.3) is 0 Å². The number of fused-ring (bicyclic) bond motifs is 4. The van der Waals surface area contributed by atoms with Crippen LogP contribution in [0.4, 0.5) is 0 Å². The highest BCUT2D eigenvalue weighted by Gasteiger charge is 2.18. The second-order valence-corrected chi connectivity index (χ2v) is 12.4. The number of nitrogens with zero attached hydrogens (tertiary/aromatic N) is 2. The topological polar surface area (TPSA) is 28.7 Å². The molecule has 2 nitrogen and oxygen atoms in total. The van der Waals surface area contributed by atoms with Crippen LogP contribution in [-0.2, 0) is 0 Å². The molecule has 0 spiro atoms. The highest BCUT2D eigenvalue weighted by atomic mass is 15.0. The summed E-state index contributed by atoms with van der Waals surface area (Å²) in [4.78, 5) is 0. The van der Waals surface area contributed by atoms with E-state index in [4.69, 9.17) is 0 Å². The molecule has 0 atom stereocenters. The molecule has 0 aliphatic heterocycles. The van der Waals surface area contributed by atoms with Crippen LogP contribution in [0.2, 0.25) is 0 Å². The number of benzene rings is 9. The van der Waals surface area contributed by atoms with Gasteiger partial charge in [-0.05, 0) is 95.7 Å². The Kier molecular flexibility index (Phi) is 5.38. The molecule has 0 unspecified atom stereocenters. The van der Waals surface area contributed by atoms with Crippen LogP contribution in [0.15, 0.2) is 158 Å². The molecule has 2 heteroatoms. The fourth-order valence-electron chi connectivity index (χ4n) is 7.86. The summed E-state index contributed by atoms with van der Waals surface area (Å²) in [5.41, 5.74) is 8.82. The first kappa shape index (κ1) is 25.9. The molecule has 10 aromatic rings. The Labute approximate surface area is 271 Å². The minimum absolute atomic E-state index is 0.660. The largest absolute Gasteiger partial charge is 0.309 e. The molecule has 216 valence electrons. The highest BCUT2D eigenvalue weighted by molar-refractivity contribution is 6.28. The quantitative estimate of drug-likeness (QED) is 0.187. The van der Waals surface area contributed by atoms with E-state index in [-0.39, 0.29) is 0 Å². The zero-order valence-corrected chi connectivity index (χ0v) is 25.4. The minimum Gasteiger partial charge on any atom is -0.309 e. The summed E-state index contributed by atoms with van der Waals surface area (Å²) >= 11 is 0. The lowest BCUT2D eigenvalue weighted by molar-refractivity contribution is 1.18. The van der Waals surface area contributed by atoms with Gasteiger partial charge in [0.05, 0.1) is 22.7 Å². The average Bonchev–Trinajstić information content (AvgIpc) is 3.46. The molecule has 47 heavy (non-hydrogen) atoms. The molecule has 0 N–H and O–H groups in total. The van der Waals surface area contributed by atoms with Crippen LogP contribution in [-0.4, -0.2) is 4.57 Å². The van der Waals surface area contributed by atoms with E-state index in [1.165, 1.54) is 70.7 Å². The van der Waals surface area contributed by atoms with Crippen LogP contribution in [0.1, 0.15) is 5.56 Å². The predicted molar refractivity (Wildman–Crippen MR) is 198 cm³/mol. The third kappa shape index (κ3) is 3.72. The molecule has 0 bridgehead atoms. The van der Waals surface area contributed by atoms with Crippen molar-refractivity contribution >= 4 is 64.9 Å². The molecule has 0 fully saturated rings. The van der Waals surface area contributed by atoms with Gasteiger partial charge in [-0.15, -0.1) is 0 Å². The van der Waals surface area contributed by atoms with Crippen molar-refractivity contribution in [2.24, 2.45) is 0 Å². The van der Waals surface area contributed by atoms with Crippen molar-refractivity contribution in [3.05, 3.63) is 163 Å². The van der Waals surface area contributed by atoms with Gasteiger partial charge in [-0.2, -0.15) is 5.26 Å². The van der Waals surface area contributed by atoms with Crippen LogP contribution in [0.25, 0.3) is 92.8 Å². The number of hydrogen-bond donors (Lipinski definition) is 0. The summed E-state index contributed by atoms with van der Waals surface area (Å²) < 4.78 is 2.29. The maximum atomic E-state index is 9.71. The van der Waals surface area contributed by atoms with Crippen molar-refractivity contribution in [1.82, 2.24) is 4.57 Å². The van der Waals surface area contributed by atoms with Crippen molar-refractivity contribution in [3.8, 4) is 34.0 Å². The zero-order chi connectivity index (χ0) is 31.1. The van der Waals surface area contributed by atoms with Gasteiger partial charge >= 0.3 is 0 Å². The van der Waals surface area contributed by atoms with Gasteiger partial charge in [0.15, 0.2) is 0 Å². The van der Waals surface area contributed by atoms with Crippen LogP contribution in [0, 0.1) is 11.3 Å². The Hall–Kier alpha value is -6.43. The molecule has 0 aliphatic carbocycles. The van der Waals surface area contributed by atoms with Crippen molar-refractivity contribution in [1.29, 1.82) is 5.26 Å². The lowest BCUT2D eigenvalue weighted by atomic mass is 9.86. The van der Waals surface area contributed by atoms with Gasteiger partial charge in [0, 0.05) is 16.5 Å². The van der Waals surface area contributed by atoms with Crippen molar-refractivity contribution < 1.29 is 0 Å². The summed E-state index contributed by atoms with van der Waals surface area (Å²) in [7, 11) is 0. The first-order valence-electron chi connectivity index (χ1n) is 16.0. The maximum Gasteiger partial charge on any atom is 0.0992 e. The third-order valence-corrected chi connectivity index (χ3v) is 9.97. The molecule has 0 amide bonds. The molecule has 1 aromatic heterocycles. The first-order valence-corrected chi connectivity index (χ1v) is 16.0. The monoisotopic (exact) mass is 594 g/mol. The summed E-state index contributed by atoms with van der Waals surface area (Å²) in [5, 5.41) is 22.2. The van der Waals surface area contributed by atoms with Gasteiger partial charge in [0.2, 0.25) is 0 Å². The van der Waals surface area contributed by atoms with Gasteiger partial charge in [-0.25, -0.2) is 0 Å². The Morgan fingerprint density at radius 1 is 0.404 bits per heavy atom. The van der Waals surface area contributed by atoms with Crippen molar-refractivity contribution in [2.75, 3.05) is 0 Å². The Bertz CT molecular complexity index is 2900. The molecule has 9 aromatic carbocycles. The van der Waals surface area contributed by atoms with Gasteiger partial charge in [-0.3, -0.25) is 0 Å². The van der Waals surface area contributed by atoms with Crippen LogP contribution >= 0.6 is 0 Å². The molecular formula is C45H26N2. The second kappa shape index (κ2) is 9.78. The average molecular weight is 595 g/mol. The fourth-order valence-corrected chi connectivity index (χ4v) is 7.86. The smallest absolute Gasteiger partial charge is 0.0992 e.